The van der Waals surface area contributed by atoms with Crippen LogP contribution in [0.1, 0.15) is 51.9 Å². The van der Waals surface area contributed by atoms with Crippen molar-refractivity contribution in [3.8, 4) is 0 Å². The Bertz CT molecular complexity index is 347. The molecule has 0 radical (unpaired) electrons. The van der Waals surface area contributed by atoms with Gasteiger partial charge in [0.25, 0.3) is 0 Å². The van der Waals surface area contributed by atoms with Gasteiger partial charge >= 0.3 is 12.0 Å². The standard InChI is InChI=1S/C14H24N2O3/c1-2-14(6-3-7-14)9-15-13(19)16-11-5-4-10(8-11)12(17)18/h10-11H,2-9H2,1H3,(H,17,18)(H2,15,16,19)/t10-,11+/m1/s1. The number of carboxylic acid groups (broad SMARTS) is 1. The van der Waals surface area contributed by atoms with Crippen molar-refractivity contribution in [3.63, 3.8) is 0 Å². The van der Waals surface area contributed by atoms with Crippen LogP contribution < -0.4 is 10.6 Å². The highest BCUT2D eigenvalue weighted by atomic mass is 16.4. The summed E-state index contributed by atoms with van der Waals surface area (Å²) in [5, 5.41) is 14.8. The van der Waals surface area contributed by atoms with Gasteiger partial charge in [0.05, 0.1) is 5.92 Å². The normalized spacial score (nSPS) is 28.5. The Hall–Kier alpha value is -1.26. The fraction of sp³-hybridized carbons (Fsp3) is 0.857. The van der Waals surface area contributed by atoms with Gasteiger partial charge in [-0.15, -0.1) is 0 Å². The SMILES string of the molecule is CCC1(CNC(=O)N[C@H]2CC[C@@H](C(=O)O)C2)CCC1. The van der Waals surface area contributed by atoms with E-state index in [1.165, 1.54) is 19.3 Å². The first-order valence-electron chi connectivity index (χ1n) is 7.32. The molecule has 2 atom stereocenters. The summed E-state index contributed by atoms with van der Waals surface area (Å²) in [7, 11) is 0. The van der Waals surface area contributed by atoms with Gasteiger partial charge in [-0.25, -0.2) is 4.79 Å². The lowest BCUT2D eigenvalue weighted by Crippen LogP contribution is -2.47. The summed E-state index contributed by atoms with van der Waals surface area (Å²) in [6.45, 7) is 2.91. The number of nitrogens with one attached hydrogen (secondary N) is 2. The fourth-order valence-electron chi connectivity index (χ4n) is 3.17. The molecule has 2 fully saturated rings. The highest BCUT2D eigenvalue weighted by Gasteiger charge is 2.35. The van der Waals surface area contributed by atoms with Crippen LogP contribution in [0.15, 0.2) is 0 Å². The molecule has 108 valence electrons. The predicted molar refractivity (Wildman–Crippen MR) is 71.9 cm³/mol. The lowest BCUT2D eigenvalue weighted by atomic mass is 9.67. The average Bonchev–Trinajstić information content (AvgIpc) is 2.77. The molecule has 2 amide bonds. The Kier molecular flexibility index (Phi) is 4.32. The number of carboxylic acids is 1. The summed E-state index contributed by atoms with van der Waals surface area (Å²) in [5.74, 6) is -1.04. The zero-order chi connectivity index (χ0) is 13.9. The molecular formula is C14H24N2O3. The van der Waals surface area contributed by atoms with Crippen molar-refractivity contribution in [1.29, 1.82) is 0 Å². The average molecular weight is 268 g/mol. The molecule has 0 spiro atoms. The molecule has 0 aromatic carbocycles. The van der Waals surface area contributed by atoms with E-state index in [0.29, 0.717) is 18.3 Å². The summed E-state index contributed by atoms with van der Waals surface area (Å²) in [6, 6.07) is -0.129. The van der Waals surface area contributed by atoms with Gasteiger partial charge in [-0.05, 0) is 43.9 Å². The second-order valence-electron chi connectivity index (χ2n) is 6.08. The number of carbonyl (C=O) groups excluding carboxylic acids is 1. The van der Waals surface area contributed by atoms with Gasteiger partial charge in [0.1, 0.15) is 0 Å². The molecule has 2 aliphatic rings. The zero-order valence-electron chi connectivity index (χ0n) is 11.6. The van der Waals surface area contributed by atoms with Gasteiger partial charge in [-0.1, -0.05) is 13.3 Å². The van der Waals surface area contributed by atoms with Crippen molar-refractivity contribution in [3.05, 3.63) is 0 Å². The lowest BCUT2D eigenvalue weighted by Gasteiger charge is -2.41. The van der Waals surface area contributed by atoms with Crippen molar-refractivity contribution in [2.45, 2.75) is 57.9 Å². The van der Waals surface area contributed by atoms with Crippen LogP contribution in [0.3, 0.4) is 0 Å². The molecular weight excluding hydrogens is 244 g/mol. The van der Waals surface area contributed by atoms with E-state index < -0.39 is 5.97 Å². The number of rotatable bonds is 5. The molecule has 2 rings (SSSR count). The molecule has 5 heteroatoms. The second kappa shape index (κ2) is 5.80. The van der Waals surface area contributed by atoms with Gasteiger partial charge in [0.2, 0.25) is 0 Å². The minimum Gasteiger partial charge on any atom is -0.481 e. The Morgan fingerprint density at radius 3 is 2.53 bits per heavy atom. The Morgan fingerprint density at radius 1 is 1.32 bits per heavy atom. The van der Waals surface area contributed by atoms with Gasteiger partial charge in [-0.2, -0.15) is 0 Å². The van der Waals surface area contributed by atoms with Crippen molar-refractivity contribution in [2.75, 3.05) is 6.54 Å². The van der Waals surface area contributed by atoms with Crippen LogP contribution in [0.4, 0.5) is 4.79 Å². The third kappa shape index (κ3) is 3.39. The van der Waals surface area contributed by atoms with Crippen LogP contribution in [0, 0.1) is 11.3 Å². The fourth-order valence-corrected chi connectivity index (χ4v) is 3.17. The summed E-state index contributed by atoms with van der Waals surface area (Å²) in [4.78, 5) is 22.7. The van der Waals surface area contributed by atoms with Crippen LogP contribution in [-0.2, 0) is 4.79 Å². The van der Waals surface area contributed by atoms with Gasteiger partial charge < -0.3 is 15.7 Å². The number of urea groups is 1. The van der Waals surface area contributed by atoms with E-state index in [1.807, 2.05) is 0 Å². The van der Waals surface area contributed by atoms with E-state index in [1.54, 1.807) is 0 Å². The molecule has 3 N–H and O–H groups in total. The highest BCUT2D eigenvalue weighted by Crippen LogP contribution is 2.43. The second-order valence-corrected chi connectivity index (χ2v) is 6.08. The molecule has 0 heterocycles. The smallest absolute Gasteiger partial charge is 0.315 e. The predicted octanol–water partition coefficient (Wildman–Crippen LogP) is 2.12. The first-order valence-corrected chi connectivity index (χ1v) is 7.32. The summed E-state index contributed by atoms with van der Waals surface area (Å²) < 4.78 is 0. The van der Waals surface area contributed by atoms with Gasteiger partial charge in [0.15, 0.2) is 0 Å². The quantitative estimate of drug-likeness (QED) is 0.714. The van der Waals surface area contributed by atoms with E-state index in [0.717, 1.165) is 19.4 Å². The number of aliphatic carboxylic acids is 1. The Labute approximate surface area is 114 Å². The van der Waals surface area contributed by atoms with Crippen LogP contribution in [0.5, 0.6) is 0 Å². The van der Waals surface area contributed by atoms with Crippen LogP contribution in [0.2, 0.25) is 0 Å². The minimum atomic E-state index is -0.746. The van der Waals surface area contributed by atoms with Crippen molar-refractivity contribution in [2.24, 2.45) is 11.3 Å². The number of carbonyl (C=O) groups is 2. The summed E-state index contributed by atoms with van der Waals surface area (Å²) in [5.41, 5.74) is 0.316. The number of hydrogen-bond donors (Lipinski definition) is 3. The molecule has 0 aromatic heterocycles. The lowest BCUT2D eigenvalue weighted by molar-refractivity contribution is -0.141. The molecule has 19 heavy (non-hydrogen) atoms. The summed E-state index contributed by atoms with van der Waals surface area (Å²) >= 11 is 0. The first-order chi connectivity index (χ1) is 9.04. The van der Waals surface area contributed by atoms with E-state index in [2.05, 4.69) is 17.6 Å². The minimum absolute atomic E-state index is 0.0140. The van der Waals surface area contributed by atoms with E-state index in [9.17, 15) is 9.59 Å². The van der Waals surface area contributed by atoms with Crippen LogP contribution in [0.25, 0.3) is 0 Å². The largest absolute Gasteiger partial charge is 0.481 e. The zero-order valence-corrected chi connectivity index (χ0v) is 11.6. The molecule has 5 nitrogen and oxygen atoms in total. The molecule has 0 aliphatic heterocycles. The van der Waals surface area contributed by atoms with Gasteiger partial charge in [-0.3, -0.25) is 4.79 Å². The third-order valence-corrected chi connectivity index (χ3v) is 4.91. The maximum Gasteiger partial charge on any atom is 0.315 e. The summed E-state index contributed by atoms with van der Waals surface area (Å²) in [6.07, 6.45) is 6.77. The molecule has 0 saturated heterocycles. The van der Waals surface area contributed by atoms with E-state index >= 15 is 0 Å². The van der Waals surface area contributed by atoms with Crippen molar-refractivity contribution >= 4 is 12.0 Å². The maximum absolute atomic E-state index is 11.8. The van der Waals surface area contributed by atoms with Gasteiger partial charge in [0, 0.05) is 12.6 Å². The maximum atomic E-state index is 11.8. The molecule has 2 aliphatic carbocycles. The first kappa shape index (κ1) is 14.2. The third-order valence-electron chi connectivity index (χ3n) is 4.91. The Morgan fingerprint density at radius 2 is 2.05 bits per heavy atom. The number of amides is 2. The molecule has 0 bridgehead atoms. The topological polar surface area (TPSA) is 78.4 Å². The Balaban J connectivity index is 1.69. The van der Waals surface area contributed by atoms with E-state index in [-0.39, 0.29) is 18.0 Å². The van der Waals surface area contributed by atoms with Crippen LogP contribution >= 0.6 is 0 Å². The molecule has 2 saturated carbocycles. The van der Waals surface area contributed by atoms with Crippen LogP contribution in [-0.4, -0.2) is 29.7 Å². The van der Waals surface area contributed by atoms with Crippen molar-refractivity contribution in [1.82, 2.24) is 10.6 Å². The van der Waals surface area contributed by atoms with E-state index in [4.69, 9.17) is 5.11 Å². The van der Waals surface area contributed by atoms with Crippen molar-refractivity contribution < 1.29 is 14.7 Å². The highest BCUT2D eigenvalue weighted by molar-refractivity contribution is 5.75. The molecule has 0 aromatic rings. The monoisotopic (exact) mass is 268 g/mol. The number of hydrogen-bond acceptors (Lipinski definition) is 2. The molecule has 0 unspecified atom stereocenters.